The Morgan fingerprint density at radius 3 is 2.47 bits per heavy atom. The van der Waals surface area contributed by atoms with Crippen molar-refractivity contribution < 1.29 is 14.9 Å². The van der Waals surface area contributed by atoms with Crippen molar-refractivity contribution >= 4 is 0 Å². The van der Waals surface area contributed by atoms with Crippen molar-refractivity contribution in [1.82, 2.24) is 4.90 Å². The molecule has 0 spiro atoms. The molecule has 1 aromatic rings. The van der Waals surface area contributed by atoms with Gasteiger partial charge in [-0.05, 0) is 38.2 Å². The minimum absolute atomic E-state index is 0.136. The zero-order chi connectivity index (χ0) is 11.4. The number of hydrogen-bond donors (Lipinski definition) is 2. The molecule has 1 rings (SSSR count). The summed E-state index contributed by atoms with van der Waals surface area (Å²) in [6.07, 6.45) is 0.803. The highest BCUT2D eigenvalue weighted by Crippen LogP contribution is 2.36. The molecule has 2 N–H and O–H groups in total. The van der Waals surface area contributed by atoms with Gasteiger partial charge in [0.25, 0.3) is 0 Å². The van der Waals surface area contributed by atoms with Crippen molar-refractivity contribution in [3.05, 3.63) is 17.7 Å². The number of likely N-dealkylation sites (N-methyl/N-ethyl adjacent to an activating group) is 1. The first kappa shape index (κ1) is 11.7. The normalized spacial score (nSPS) is 10.7. The van der Waals surface area contributed by atoms with Crippen LogP contribution >= 0.6 is 0 Å². The van der Waals surface area contributed by atoms with Gasteiger partial charge in [-0.2, -0.15) is 0 Å². The fourth-order valence-electron chi connectivity index (χ4n) is 1.30. The summed E-state index contributed by atoms with van der Waals surface area (Å²) >= 11 is 0. The predicted molar refractivity (Wildman–Crippen MR) is 58.6 cm³/mol. The van der Waals surface area contributed by atoms with Gasteiger partial charge in [0.1, 0.15) is 0 Å². The smallest absolute Gasteiger partial charge is 0.200 e. The van der Waals surface area contributed by atoms with E-state index in [-0.39, 0.29) is 11.5 Å². The Balaban J connectivity index is 2.86. The van der Waals surface area contributed by atoms with Gasteiger partial charge in [0.05, 0.1) is 7.11 Å². The molecule has 0 radical (unpaired) electrons. The van der Waals surface area contributed by atoms with Crippen molar-refractivity contribution in [3.63, 3.8) is 0 Å². The topological polar surface area (TPSA) is 52.9 Å². The van der Waals surface area contributed by atoms with Crippen LogP contribution in [0.3, 0.4) is 0 Å². The molecule has 0 amide bonds. The summed E-state index contributed by atoms with van der Waals surface area (Å²) in [5.41, 5.74) is 0.941. The van der Waals surface area contributed by atoms with E-state index < -0.39 is 0 Å². The van der Waals surface area contributed by atoms with Crippen LogP contribution < -0.4 is 4.74 Å². The second kappa shape index (κ2) is 4.89. The number of rotatable bonds is 4. The van der Waals surface area contributed by atoms with Gasteiger partial charge in [0.15, 0.2) is 11.5 Å². The van der Waals surface area contributed by atoms with E-state index in [1.807, 2.05) is 14.1 Å². The molecule has 0 aliphatic heterocycles. The molecule has 1 aromatic carbocycles. The number of phenols is 2. The van der Waals surface area contributed by atoms with Crippen LogP contribution in [0, 0.1) is 0 Å². The SMILES string of the molecule is COc1cc(CCN(C)C)cc(O)c1O. The van der Waals surface area contributed by atoms with Gasteiger partial charge < -0.3 is 19.8 Å². The standard InChI is InChI=1S/C11H17NO3/c1-12(2)5-4-8-6-9(13)11(14)10(7-8)15-3/h6-7,13-14H,4-5H2,1-3H3. The fourth-order valence-corrected chi connectivity index (χ4v) is 1.30. The Labute approximate surface area is 89.7 Å². The molecule has 0 atom stereocenters. The Kier molecular flexibility index (Phi) is 3.80. The van der Waals surface area contributed by atoms with Gasteiger partial charge in [0, 0.05) is 6.54 Å². The maximum Gasteiger partial charge on any atom is 0.200 e. The van der Waals surface area contributed by atoms with E-state index in [1.165, 1.54) is 7.11 Å². The number of aromatic hydroxyl groups is 2. The average molecular weight is 211 g/mol. The van der Waals surface area contributed by atoms with Gasteiger partial charge >= 0.3 is 0 Å². The molecule has 0 heterocycles. The van der Waals surface area contributed by atoms with E-state index in [2.05, 4.69) is 4.90 Å². The third-order valence-electron chi connectivity index (χ3n) is 2.18. The summed E-state index contributed by atoms with van der Waals surface area (Å²) in [6.45, 7) is 0.882. The molecule has 0 aliphatic rings. The lowest BCUT2D eigenvalue weighted by molar-refractivity contribution is 0.349. The van der Waals surface area contributed by atoms with E-state index in [9.17, 15) is 10.2 Å². The van der Waals surface area contributed by atoms with Crippen LogP contribution in [0.25, 0.3) is 0 Å². The molecule has 0 bridgehead atoms. The van der Waals surface area contributed by atoms with Crippen LogP contribution in [0.4, 0.5) is 0 Å². The molecule has 0 aliphatic carbocycles. The highest BCUT2D eigenvalue weighted by atomic mass is 16.5. The monoisotopic (exact) mass is 211 g/mol. The van der Waals surface area contributed by atoms with E-state index in [0.29, 0.717) is 5.75 Å². The van der Waals surface area contributed by atoms with E-state index in [1.54, 1.807) is 12.1 Å². The summed E-state index contributed by atoms with van der Waals surface area (Å²) < 4.78 is 4.95. The van der Waals surface area contributed by atoms with Crippen molar-refractivity contribution in [2.75, 3.05) is 27.7 Å². The van der Waals surface area contributed by atoms with Crippen LogP contribution in [-0.4, -0.2) is 42.9 Å². The minimum Gasteiger partial charge on any atom is -0.504 e. The number of ether oxygens (including phenoxy) is 1. The molecule has 0 saturated heterocycles. The van der Waals surface area contributed by atoms with Gasteiger partial charge in [-0.15, -0.1) is 0 Å². The van der Waals surface area contributed by atoms with Crippen LogP contribution in [0.5, 0.6) is 17.2 Å². The van der Waals surface area contributed by atoms with E-state index in [4.69, 9.17) is 4.74 Å². The number of methoxy groups -OCH3 is 1. The Hall–Kier alpha value is -1.42. The molecule has 84 valence electrons. The zero-order valence-corrected chi connectivity index (χ0v) is 9.32. The Bertz CT molecular complexity index is 337. The second-order valence-corrected chi connectivity index (χ2v) is 3.72. The molecule has 0 fully saturated rings. The Morgan fingerprint density at radius 2 is 1.93 bits per heavy atom. The first-order chi connectivity index (χ1) is 7.04. The maximum atomic E-state index is 9.43. The lowest BCUT2D eigenvalue weighted by Gasteiger charge is -2.11. The first-order valence-corrected chi connectivity index (χ1v) is 4.78. The summed E-state index contributed by atoms with van der Waals surface area (Å²) in [5.74, 6) is -0.0297. The highest BCUT2D eigenvalue weighted by molar-refractivity contribution is 5.51. The van der Waals surface area contributed by atoms with Gasteiger partial charge in [0.2, 0.25) is 5.75 Å². The molecular formula is C11H17NO3. The maximum absolute atomic E-state index is 9.43. The molecule has 4 nitrogen and oxygen atoms in total. The number of benzene rings is 1. The van der Waals surface area contributed by atoms with Crippen LogP contribution in [-0.2, 0) is 6.42 Å². The van der Waals surface area contributed by atoms with Gasteiger partial charge in [-0.3, -0.25) is 0 Å². The minimum atomic E-state index is -0.203. The van der Waals surface area contributed by atoms with Crippen molar-refractivity contribution in [2.45, 2.75) is 6.42 Å². The Morgan fingerprint density at radius 1 is 1.27 bits per heavy atom. The van der Waals surface area contributed by atoms with Crippen molar-refractivity contribution in [1.29, 1.82) is 0 Å². The third-order valence-corrected chi connectivity index (χ3v) is 2.18. The van der Waals surface area contributed by atoms with Crippen molar-refractivity contribution in [2.24, 2.45) is 0 Å². The molecule has 0 saturated carbocycles. The molecular weight excluding hydrogens is 194 g/mol. The van der Waals surface area contributed by atoms with Crippen molar-refractivity contribution in [3.8, 4) is 17.2 Å². The van der Waals surface area contributed by atoms with Crippen LogP contribution in [0.2, 0.25) is 0 Å². The largest absolute Gasteiger partial charge is 0.504 e. The van der Waals surface area contributed by atoms with E-state index >= 15 is 0 Å². The summed E-state index contributed by atoms with van der Waals surface area (Å²) in [4.78, 5) is 2.05. The summed E-state index contributed by atoms with van der Waals surface area (Å²) in [6, 6.07) is 3.29. The van der Waals surface area contributed by atoms with Gasteiger partial charge in [-0.1, -0.05) is 0 Å². The second-order valence-electron chi connectivity index (χ2n) is 3.72. The number of hydrogen-bond acceptors (Lipinski definition) is 4. The van der Waals surface area contributed by atoms with Gasteiger partial charge in [-0.25, -0.2) is 0 Å². The lowest BCUT2D eigenvalue weighted by atomic mass is 10.1. The highest BCUT2D eigenvalue weighted by Gasteiger charge is 2.09. The molecule has 4 heteroatoms. The van der Waals surface area contributed by atoms with E-state index in [0.717, 1.165) is 18.5 Å². The quantitative estimate of drug-likeness (QED) is 0.735. The lowest BCUT2D eigenvalue weighted by Crippen LogP contribution is -2.15. The average Bonchev–Trinajstić information content (AvgIpc) is 2.19. The number of phenolic OH excluding ortho intramolecular Hbond substituents is 2. The predicted octanol–water partition coefficient (Wildman–Crippen LogP) is 1.21. The number of nitrogens with zero attached hydrogens (tertiary/aromatic N) is 1. The summed E-state index contributed by atoms with van der Waals surface area (Å²) in [5, 5.41) is 18.8. The molecule has 15 heavy (non-hydrogen) atoms. The van der Waals surface area contributed by atoms with Crippen LogP contribution in [0.1, 0.15) is 5.56 Å². The molecule has 0 aromatic heterocycles. The first-order valence-electron chi connectivity index (χ1n) is 4.78. The van der Waals surface area contributed by atoms with Crippen LogP contribution in [0.15, 0.2) is 12.1 Å². The summed E-state index contributed by atoms with van der Waals surface area (Å²) in [7, 11) is 5.43. The molecule has 0 unspecified atom stereocenters. The fraction of sp³-hybridized carbons (Fsp3) is 0.455. The third kappa shape index (κ3) is 3.02. The zero-order valence-electron chi connectivity index (χ0n) is 9.32.